The second-order valence-electron chi connectivity index (χ2n) is 7.93. The third kappa shape index (κ3) is 4.03. The van der Waals surface area contributed by atoms with E-state index in [9.17, 15) is 9.18 Å². The van der Waals surface area contributed by atoms with E-state index < -0.39 is 0 Å². The standard InChI is InChI=1S/C23H24FN5O3/c1-31-21-7-6-19-22(26-21)20(8-9-25-19)28-12-10-27(11-13-28)14-18-15-29(23(30)32-18)17-4-2-16(24)3-5-17/h2-9,18H,10-15H2,1H3/t18-/m1/s1. The molecule has 166 valence electrons. The number of halogens is 1. The molecule has 2 aliphatic heterocycles. The van der Waals surface area contributed by atoms with Gasteiger partial charge in [-0.25, -0.2) is 14.2 Å². The number of benzene rings is 1. The van der Waals surface area contributed by atoms with Gasteiger partial charge in [-0.2, -0.15) is 0 Å². The molecular weight excluding hydrogens is 413 g/mol. The summed E-state index contributed by atoms with van der Waals surface area (Å²) in [6, 6.07) is 11.6. The summed E-state index contributed by atoms with van der Waals surface area (Å²) in [4.78, 5) is 27.5. The van der Waals surface area contributed by atoms with Crippen LogP contribution < -0.4 is 14.5 Å². The van der Waals surface area contributed by atoms with Crippen molar-refractivity contribution in [2.75, 3.05) is 56.2 Å². The van der Waals surface area contributed by atoms with Crippen LogP contribution in [0.1, 0.15) is 0 Å². The van der Waals surface area contributed by atoms with Gasteiger partial charge >= 0.3 is 6.09 Å². The van der Waals surface area contributed by atoms with Gasteiger partial charge < -0.3 is 14.4 Å². The number of methoxy groups -OCH3 is 1. The molecule has 0 aliphatic carbocycles. The number of aromatic nitrogens is 2. The summed E-state index contributed by atoms with van der Waals surface area (Å²) in [6.45, 7) is 4.49. The third-order valence-corrected chi connectivity index (χ3v) is 5.93. The SMILES string of the molecule is COc1ccc2nccc(N3CCN(C[C@@H]4CN(c5ccc(F)cc5)C(=O)O4)CC3)c2n1. The predicted molar refractivity (Wildman–Crippen MR) is 119 cm³/mol. The molecule has 0 bridgehead atoms. The van der Waals surface area contributed by atoms with Crippen molar-refractivity contribution in [1.29, 1.82) is 0 Å². The Balaban J connectivity index is 1.21. The number of carbonyl (C=O) groups is 1. The molecule has 2 saturated heterocycles. The largest absolute Gasteiger partial charge is 0.481 e. The summed E-state index contributed by atoms with van der Waals surface area (Å²) >= 11 is 0. The number of rotatable bonds is 5. The van der Waals surface area contributed by atoms with Gasteiger partial charge in [0.2, 0.25) is 5.88 Å². The van der Waals surface area contributed by atoms with E-state index in [1.807, 2.05) is 18.2 Å². The molecule has 4 heterocycles. The number of cyclic esters (lactones) is 1. The summed E-state index contributed by atoms with van der Waals surface area (Å²) < 4.78 is 24.0. The van der Waals surface area contributed by atoms with E-state index in [-0.39, 0.29) is 18.0 Å². The molecule has 1 aromatic carbocycles. The molecule has 2 fully saturated rings. The summed E-state index contributed by atoms with van der Waals surface area (Å²) in [5.74, 6) is 0.241. The first kappa shape index (κ1) is 20.4. The van der Waals surface area contributed by atoms with Gasteiger partial charge in [-0.1, -0.05) is 0 Å². The first-order valence-electron chi connectivity index (χ1n) is 10.6. The van der Waals surface area contributed by atoms with Crippen molar-refractivity contribution < 1.29 is 18.7 Å². The maximum atomic E-state index is 13.2. The molecule has 0 unspecified atom stereocenters. The van der Waals surface area contributed by atoms with E-state index >= 15 is 0 Å². The van der Waals surface area contributed by atoms with Gasteiger partial charge in [-0.05, 0) is 36.4 Å². The van der Waals surface area contributed by atoms with Crippen LogP contribution in [-0.2, 0) is 4.74 Å². The molecule has 0 N–H and O–H groups in total. The number of piperazine rings is 1. The summed E-state index contributed by atoms with van der Waals surface area (Å²) in [5.41, 5.74) is 3.36. The van der Waals surface area contributed by atoms with Crippen LogP contribution in [0.15, 0.2) is 48.7 Å². The van der Waals surface area contributed by atoms with Crippen LogP contribution >= 0.6 is 0 Å². The van der Waals surface area contributed by atoms with Crippen LogP contribution in [0.4, 0.5) is 20.6 Å². The highest BCUT2D eigenvalue weighted by Gasteiger charge is 2.34. The van der Waals surface area contributed by atoms with Crippen molar-refractivity contribution in [3.8, 4) is 5.88 Å². The van der Waals surface area contributed by atoms with Crippen molar-refractivity contribution in [1.82, 2.24) is 14.9 Å². The lowest BCUT2D eigenvalue weighted by Crippen LogP contribution is -2.49. The number of anilines is 2. The second kappa shape index (κ2) is 8.58. The number of hydrogen-bond donors (Lipinski definition) is 0. The zero-order valence-electron chi connectivity index (χ0n) is 17.8. The monoisotopic (exact) mass is 437 g/mol. The smallest absolute Gasteiger partial charge is 0.414 e. The summed E-state index contributed by atoms with van der Waals surface area (Å²) in [7, 11) is 1.61. The van der Waals surface area contributed by atoms with Gasteiger partial charge in [0.15, 0.2) is 0 Å². The van der Waals surface area contributed by atoms with Crippen molar-refractivity contribution in [3.05, 3.63) is 54.5 Å². The number of nitrogens with zero attached hydrogens (tertiary/aromatic N) is 5. The predicted octanol–water partition coefficient (Wildman–Crippen LogP) is 2.92. The Labute approximate surface area is 185 Å². The molecule has 0 spiro atoms. The fraction of sp³-hybridized carbons (Fsp3) is 0.348. The van der Waals surface area contributed by atoms with Gasteiger partial charge in [-0.3, -0.25) is 14.8 Å². The lowest BCUT2D eigenvalue weighted by molar-refractivity contribution is 0.106. The highest BCUT2D eigenvalue weighted by Crippen LogP contribution is 2.27. The summed E-state index contributed by atoms with van der Waals surface area (Å²) in [5, 5.41) is 0. The minimum Gasteiger partial charge on any atom is -0.481 e. The summed E-state index contributed by atoms with van der Waals surface area (Å²) in [6.07, 6.45) is 1.20. The van der Waals surface area contributed by atoms with Crippen molar-refractivity contribution in [3.63, 3.8) is 0 Å². The Morgan fingerprint density at radius 2 is 1.88 bits per heavy atom. The van der Waals surface area contributed by atoms with Gasteiger partial charge in [0.25, 0.3) is 0 Å². The number of carbonyl (C=O) groups excluding carboxylic acids is 1. The van der Waals surface area contributed by atoms with E-state index in [0.717, 1.165) is 42.9 Å². The molecule has 3 aromatic rings. The van der Waals surface area contributed by atoms with E-state index in [2.05, 4.69) is 19.8 Å². The number of pyridine rings is 2. The molecule has 2 aromatic heterocycles. The molecule has 2 aliphatic rings. The van der Waals surface area contributed by atoms with Crippen LogP contribution in [0.3, 0.4) is 0 Å². The Hall–Kier alpha value is -3.46. The van der Waals surface area contributed by atoms with Gasteiger partial charge in [0.05, 0.1) is 24.9 Å². The molecule has 0 radical (unpaired) electrons. The quantitative estimate of drug-likeness (QED) is 0.608. The molecule has 32 heavy (non-hydrogen) atoms. The molecular formula is C23H24FN5O3. The maximum Gasteiger partial charge on any atom is 0.414 e. The number of ether oxygens (including phenoxy) is 2. The van der Waals surface area contributed by atoms with Crippen LogP contribution in [0.2, 0.25) is 0 Å². The molecule has 1 amide bonds. The highest BCUT2D eigenvalue weighted by atomic mass is 19.1. The van der Waals surface area contributed by atoms with Crippen LogP contribution in [0.5, 0.6) is 5.88 Å². The molecule has 9 heteroatoms. The van der Waals surface area contributed by atoms with Gasteiger partial charge in [0, 0.05) is 50.7 Å². The van der Waals surface area contributed by atoms with E-state index in [1.54, 1.807) is 30.3 Å². The molecule has 0 saturated carbocycles. The Morgan fingerprint density at radius 1 is 1.09 bits per heavy atom. The number of fused-ring (bicyclic) bond motifs is 1. The van der Waals surface area contributed by atoms with E-state index in [0.29, 0.717) is 24.7 Å². The van der Waals surface area contributed by atoms with Crippen LogP contribution in [-0.4, -0.2) is 73.4 Å². The number of amides is 1. The number of hydrogen-bond acceptors (Lipinski definition) is 7. The highest BCUT2D eigenvalue weighted by molar-refractivity contribution is 5.90. The Morgan fingerprint density at radius 3 is 2.62 bits per heavy atom. The molecule has 8 nitrogen and oxygen atoms in total. The van der Waals surface area contributed by atoms with Crippen molar-refractivity contribution in [2.24, 2.45) is 0 Å². The van der Waals surface area contributed by atoms with E-state index in [4.69, 9.17) is 9.47 Å². The van der Waals surface area contributed by atoms with Crippen molar-refractivity contribution >= 4 is 28.5 Å². The average Bonchev–Trinajstić information content (AvgIpc) is 3.19. The normalized spacial score (nSPS) is 19.4. The van der Waals surface area contributed by atoms with E-state index in [1.165, 1.54) is 12.1 Å². The average molecular weight is 437 g/mol. The van der Waals surface area contributed by atoms with Gasteiger partial charge in [-0.15, -0.1) is 0 Å². The zero-order chi connectivity index (χ0) is 22.1. The minimum atomic E-state index is -0.386. The molecule has 1 atom stereocenters. The first-order valence-corrected chi connectivity index (χ1v) is 10.6. The lowest BCUT2D eigenvalue weighted by atomic mass is 10.2. The Kier molecular flexibility index (Phi) is 5.48. The lowest BCUT2D eigenvalue weighted by Gasteiger charge is -2.36. The van der Waals surface area contributed by atoms with Crippen molar-refractivity contribution in [2.45, 2.75) is 6.10 Å². The second-order valence-corrected chi connectivity index (χ2v) is 7.93. The maximum absolute atomic E-state index is 13.2. The fourth-order valence-corrected chi connectivity index (χ4v) is 4.27. The molecule has 5 rings (SSSR count). The Bertz CT molecular complexity index is 1120. The topological polar surface area (TPSA) is 71.0 Å². The third-order valence-electron chi connectivity index (χ3n) is 5.93. The van der Waals surface area contributed by atoms with Gasteiger partial charge in [0.1, 0.15) is 17.4 Å². The first-order chi connectivity index (χ1) is 15.6. The fourth-order valence-electron chi connectivity index (χ4n) is 4.27. The van der Waals surface area contributed by atoms with Crippen LogP contribution in [0, 0.1) is 5.82 Å². The van der Waals surface area contributed by atoms with Crippen LogP contribution in [0.25, 0.3) is 11.0 Å². The minimum absolute atomic E-state index is 0.216. The zero-order valence-corrected chi connectivity index (χ0v) is 17.8.